The number of hydrogen-bond acceptors (Lipinski definition) is 4. The third-order valence-corrected chi connectivity index (χ3v) is 4.66. The van der Waals surface area contributed by atoms with Crippen LogP contribution in [0.15, 0.2) is 36.5 Å². The van der Waals surface area contributed by atoms with Crippen LogP contribution in [0.2, 0.25) is 0 Å². The number of carbonyl (C=O) groups excluding carboxylic acids is 1. The summed E-state index contributed by atoms with van der Waals surface area (Å²) in [7, 11) is 0. The van der Waals surface area contributed by atoms with Crippen LogP contribution in [0.3, 0.4) is 0 Å². The number of aromatic nitrogens is 2. The fourth-order valence-electron chi connectivity index (χ4n) is 3.42. The quantitative estimate of drug-likeness (QED) is 0.911. The maximum atomic E-state index is 12.7. The van der Waals surface area contributed by atoms with Crippen molar-refractivity contribution >= 4 is 5.91 Å². The van der Waals surface area contributed by atoms with Crippen LogP contribution in [0, 0.1) is 13.8 Å². The van der Waals surface area contributed by atoms with Gasteiger partial charge < -0.3 is 5.32 Å². The lowest BCUT2D eigenvalue weighted by molar-refractivity contribution is -0.128. The fraction of sp³-hybridized carbons (Fsp3) is 0.450. The first-order valence-corrected chi connectivity index (χ1v) is 8.97. The molecule has 25 heavy (non-hydrogen) atoms. The van der Waals surface area contributed by atoms with Crippen LogP contribution >= 0.6 is 0 Å². The second-order valence-electron chi connectivity index (χ2n) is 6.78. The molecule has 5 nitrogen and oxygen atoms in total. The normalized spacial score (nSPS) is 18.1. The molecule has 1 aliphatic heterocycles. The van der Waals surface area contributed by atoms with Crippen LogP contribution in [0.25, 0.3) is 0 Å². The van der Waals surface area contributed by atoms with E-state index in [1.54, 1.807) is 6.20 Å². The molecule has 1 aromatic carbocycles. The van der Waals surface area contributed by atoms with Crippen LogP contribution in [-0.4, -0.2) is 33.4 Å². The van der Waals surface area contributed by atoms with Crippen molar-refractivity contribution in [2.45, 2.75) is 52.2 Å². The molecule has 5 heteroatoms. The zero-order chi connectivity index (χ0) is 17.6. The third-order valence-electron chi connectivity index (χ3n) is 4.66. The van der Waals surface area contributed by atoms with Crippen molar-refractivity contribution in [1.29, 1.82) is 0 Å². The van der Waals surface area contributed by atoms with Gasteiger partial charge >= 0.3 is 0 Å². The second-order valence-corrected chi connectivity index (χ2v) is 6.78. The van der Waals surface area contributed by atoms with Gasteiger partial charge in [-0.05, 0) is 44.9 Å². The van der Waals surface area contributed by atoms with E-state index < -0.39 is 0 Å². The molecular formula is C20H26N4O. The number of piperidine rings is 1. The summed E-state index contributed by atoms with van der Waals surface area (Å²) >= 11 is 0. The SMILES string of the molecule is Cc1cccc(CN2CCCC[C@@H]2C(=O)NCc2ccnc(C)n2)c1. The van der Waals surface area contributed by atoms with Gasteiger partial charge in [-0.15, -0.1) is 0 Å². The molecular weight excluding hydrogens is 312 g/mol. The Morgan fingerprint density at radius 3 is 2.96 bits per heavy atom. The number of nitrogens with zero attached hydrogens (tertiary/aromatic N) is 3. The molecule has 1 aromatic heterocycles. The van der Waals surface area contributed by atoms with Gasteiger partial charge in [-0.25, -0.2) is 9.97 Å². The Labute approximate surface area is 149 Å². The van der Waals surface area contributed by atoms with Gasteiger partial charge in [-0.3, -0.25) is 9.69 Å². The predicted molar refractivity (Wildman–Crippen MR) is 97.8 cm³/mol. The van der Waals surface area contributed by atoms with E-state index in [-0.39, 0.29) is 11.9 Å². The van der Waals surface area contributed by atoms with E-state index in [1.165, 1.54) is 11.1 Å². The number of nitrogens with one attached hydrogen (secondary N) is 1. The molecule has 1 fully saturated rings. The Morgan fingerprint density at radius 2 is 2.16 bits per heavy atom. The largest absolute Gasteiger partial charge is 0.349 e. The molecule has 0 spiro atoms. The first kappa shape index (κ1) is 17.5. The highest BCUT2D eigenvalue weighted by Gasteiger charge is 2.28. The van der Waals surface area contributed by atoms with Gasteiger partial charge in [0.2, 0.25) is 5.91 Å². The van der Waals surface area contributed by atoms with Crippen molar-refractivity contribution in [2.24, 2.45) is 0 Å². The summed E-state index contributed by atoms with van der Waals surface area (Å²) in [4.78, 5) is 23.5. The molecule has 0 aliphatic carbocycles. The molecule has 1 saturated heterocycles. The summed E-state index contributed by atoms with van der Waals surface area (Å²) in [6.07, 6.45) is 4.91. The molecule has 2 heterocycles. The number of hydrogen-bond donors (Lipinski definition) is 1. The number of benzene rings is 1. The molecule has 1 amide bonds. The first-order valence-electron chi connectivity index (χ1n) is 8.97. The highest BCUT2D eigenvalue weighted by molar-refractivity contribution is 5.81. The van der Waals surface area contributed by atoms with Gasteiger partial charge in [-0.2, -0.15) is 0 Å². The minimum atomic E-state index is -0.0582. The summed E-state index contributed by atoms with van der Waals surface area (Å²) in [6.45, 7) is 6.21. The number of aryl methyl sites for hydroxylation is 2. The highest BCUT2D eigenvalue weighted by atomic mass is 16.2. The molecule has 0 bridgehead atoms. The number of amides is 1. The van der Waals surface area contributed by atoms with Crippen molar-refractivity contribution in [2.75, 3.05) is 6.54 Å². The van der Waals surface area contributed by atoms with Crippen molar-refractivity contribution in [3.8, 4) is 0 Å². The molecule has 0 radical (unpaired) electrons. The molecule has 3 rings (SSSR count). The number of likely N-dealkylation sites (tertiary alicyclic amines) is 1. The van der Waals surface area contributed by atoms with Crippen molar-refractivity contribution in [3.05, 3.63) is 59.2 Å². The zero-order valence-electron chi connectivity index (χ0n) is 15.0. The Balaban J connectivity index is 1.62. The van der Waals surface area contributed by atoms with Crippen LogP contribution < -0.4 is 5.32 Å². The summed E-state index contributed by atoms with van der Waals surface area (Å²) in [6, 6.07) is 10.3. The standard InChI is InChI=1S/C20H26N4O/c1-15-6-5-7-17(12-15)14-24-11-4-3-8-19(24)20(25)22-13-18-9-10-21-16(2)23-18/h5-7,9-10,12,19H,3-4,8,11,13-14H2,1-2H3,(H,22,25)/t19-/m1/s1. The zero-order valence-corrected chi connectivity index (χ0v) is 15.0. The van der Waals surface area contributed by atoms with Crippen molar-refractivity contribution < 1.29 is 4.79 Å². The van der Waals surface area contributed by atoms with Crippen LogP contribution in [0.4, 0.5) is 0 Å². The molecule has 0 saturated carbocycles. The van der Waals surface area contributed by atoms with Gasteiger partial charge in [0.15, 0.2) is 0 Å². The van der Waals surface area contributed by atoms with E-state index in [9.17, 15) is 4.79 Å². The molecule has 132 valence electrons. The van der Waals surface area contributed by atoms with Crippen LogP contribution in [-0.2, 0) is 17.9 Å². The Kier molecular flexibility index (Phi) is 5.76. The lowest BCUT2D eigenvalue weighted by Gasteiger charge is -2.34. The maximum absolute atomic E-state index is 12.7. The van der Waals surface area contributed by atoms with Gasteiger partial charge in [0, 0.05) is 12.7 Å². The number of rotatable bonds is 5. The average molecular weight is 338 g/mol. The molecule has 0 unspecified atom stereocenters. The summed E-state index contributed by atoms with van der Waals surface area (Å²) in [5, 5.41) is 3.05. The van der Waals surface area contributed by atoms with Gasteiger partial charge in [-0.1, -0.05) is 36.2 Å². The van der Waals surface area contributed by atoms with E-state index >= 15 is 0 Å². The first-order chi connectivity index (χ1) is 12.1. The Bertz CT molecular complexity index is 731. The molecule has 2 aromatic rings. The molecule has 1 aliphatic rings. The van der Waals surface area contributed by atoms with Crippen LogP contribution in [0.5, 0.6) is 0 Å². The summed E-state index contributed by atoms with van der Waals surface area (Å²) < 4.78 is 0. The van der Waals surface area contributed by atoms with Crippen LogP contribution in [0.1, 0.15) is 41.9 Å². The van der Waals surface area contributed by atoms with Crippen molar-refractivity contribution in [1.82, 2.24) is 20.2 Å². The topological polar surface area (TPSA) is 58.1 Å². The smallest absolute Gasteiger partial charge is 0.237 e. The lowest BCUT2D eigenvalue weighted by Crippen LogP contribution is -2.48. The van der Waals surface area contributed by atoms with Gasteiger partial charge in [0.05, 0.1) is 18.3 Å². The highest BCUT2D eigenvalue weighted by Crippen LogP contribution is 2.20. The minimum Gasteiger partial charge on any atom is -0.349 e. The van der Waals surface area contributed by atoms with E-state index in [0.29, 0.717) is 6.54 Å². The minimum absolute atomic E-state index is 0.0582. The third kappa shape index (κ3) is 4.86. The molecule has 1 atom stereocenters. The molecule has 1 N–H and O–H groups in total. The van der Waals surface area contributed by atoms with E-state index in [4.69, 9.17) is 0 Å². The van der Waals surface area contributed by atoms with Gasteiger partial charge in [0.25, 0.3) is 0 Å². The van der Waals surface area contributed by atoms with Crippen molar-refractivity contribution in [3.63, 3.8) is 0 Å². The number of carbonyl (C=O) groups is 1. The lowest BCUT2D eigenvalue weighted by atomic mass is 10.00. The van der Waals surface area contributed by atoms with Gasteiger partial charge in [0.1, 0.15) is 5.82 Å². The summed E-state index contributed by atoms with van der Waals surface area (Å²) in [5.41, 5.74) is 3.38. The van der Waals surface area contributed by atoms with E-state index in [1.807, 2.05) is 13.0 Å². The Morgan fingerprint density at radius 1 is 1.28 bits per heavy atom. The van der Waals surface area contributed by atoms with E-state index in [2.05, 4.69) is 51.4 Å². The second kappa shape index (κ2) is 8.21. The average Bonchev–Trinajstić information content (AvgIpc) is 2.60. The summed E-state index contributed by atoms with van der Waals surface area (Å²) in [5.74, 6) is 0.828. The fourth-order valence-corrected chi connectivity index (χ4v) is 3.42. The predicted octanol–water partition coefficient (Wildman–Crippen LogP) is 2.76. The Hall–Kier alpha value is -2.27. The maximum Gasteiger partial charge on any atom is 0.237 e. The monoisotopic (exact) mass is 338 g/mol. The van der Waals surface area contributed by atoms with E-state index in [0.717, 1.165) is 43.9 Å².